The van der Waals surface area contributed by atoms with Gasteiger partial charge in [-0.15, -0.1) is 0 Å². The molecular formula is C30H19F20NO4. The topological polar surface area (TPSA) is 84.2 Å². The van der Waals surface area contributed by atoms with Gasteiger partial charge in [0.15, 0.2) is 23.0 Å². The molecule has 4 rings (SSSR count). The van der Waals surface area contributed by atoms with Crippen LogP contribution >= 0.6 is 0 Å². The summed E-state index contributed by atoms with van der Waals surface area (Å²) in [6, 6.07) is 0. The van der Waals surface area contributed by atoms with E-state index < -0.39 is 139 Å². The lowest BCUT2D eigenvalue weighted by molar-refractivity contribution is 0.321. The first kappa shape index (κ1) is 49.6. The molecule has 0 unspecified atom stereocenters. The predicted octanol–water partition coefficient (Wildman–Crippen LogP) is 9.70. The van der Waals surface area contributed by atoms with Crippen LogP contribution in [-0.2, 0) is 0 Å². The minimum atomic E-state index is -2.29. The molecule has 4 aromatic carbocycles. The first-order chi connectivity index (χ1) is 25.2. The monoisotopic (exact) mass is 837 g/mol. The third kappa shape index (κ3) is 11.3. The second-order valence-electron chi connectivity index (χ2n) is 9.29. The number of nitrogens with zero attached hydrogens (tertiary/aromatic N) is 1. The van der Waals surface area contributed by atoms with Crippen LogP contribution in [0.15, 0.2) is 0 Å². The molecule has 0 atom stereocenters. The molecule has 55 heavy (non-hydrogen) atoms. The van der Waals surface area contributed by atoms with E-state index >= 15 is 0 Å². The van der Waals surface area contributed by atoms with E-state index in [0.717, 1.165) is 0 Å². The van der Waals surface area contributed by atoms with Crippen LogP contribution in [0, 0.1) is 116 Å². The molecule has 0 aromatic heterocycles. The van der Waals surface area contributed by atoms with Gasteiger partial charge in [-0.05, 0) is 19.6 Å². The molecule has 0 saturated heterocycles. The van der Waals surface area contributed by atoms with Crippen LogP contribution in [0.2, 0.25) is 0 Å². The number of phenols is 4. The van der Waals surface area contributed by atoms with Crippen molar-refractivity contribution in [3.8, 4) is 23.0 Å². The van der Waals surface area contributed by atoms with Gasteiger partial charge >= 0.3 is 0 Å². The molecule has 0 aliphatic heterocycles. The Hall–Kier alpha value is -5.36. The minimum absolute atomic E-state index is 1.19. The number of rotatable bonds is 3. The molecule has 4 aromatic rings. The average molecular weight is 837 g/mol. The minimum Gasteiger partial charge on any atom is -0.503 e. The van der Waals surface area contributed by atoms with E-state index in [0.29, 0.717) is 0 Å². The van der Waals surface area contributed by atoms with Gasteiger partial charge in [-0.3, -0.25) is 0 Å². The molecule has 308 valence electrons. The Labute approximate surface area is 293 Å². The second-order valence-corrected chi connectivity index (χ2v) is 9.29. The first-order valence-electron chi connectivity index (χ1n) is 13.7. The van der Waals surface area contributed by atoms with Crippen LogP contribution in [0.1, 0.15) is 20.8 Å². The van der Waals surface area contributed by atoms with E-state index in [1.165, 1.54) is 19.6 Å². The summed E-state index contributed by atoms with van der Waals surface area (Å²) in [4.78, 5) is 2.38. The number of benzene rings is 4. The lowest BCUT2D eigenvalue weighted by Gasteiger charge is -2.13. The van der Waals surface area contributed by atoms with Crippen molar-refractivity contribution >= 4 is 0 Å². The van der Waals surface area contributed by atoms with Gasteiger partial charge in [-0.1, -0.05) is 20.8 Å². The van der Waals surface area contributed by atoms with E-state index in [-0.39, 0.29) is 0 Å². The van der Waals surface area contributed by atoms with Gasteiger partial charge in [-0.2, -0.15) is 35.1 Å². The molecule has 4 N–H and O–H groups in total. The van der Waals surface area contributed by atoms with Crippen molar-refractivity contribution in [1.82, 2.24) is 4.90 Å². The maximum absolute atomic E-state index is 12.2. The van der Waals surface area contributed by atoms with E-state index in [1.54, 1.807) is 0 Å². The van der Waals surface area contributed by atoms with Gasteiger partial charge < -0.3 is 25.3 Å². The Morgan fingerprint density at radius 1 is 0.236 bits per heavy atom. The van der Waals surface area contributed by atoms with Gasteiger partial charge in [0.25, 0.3) is 0 Å². The molecular weight excluding hydrogens is 818 g/mol. The van der Waals surface area contributed by atoms with Crippen molar-refractivity contribution in [2.45, 2.75) is 20.8 Å². The zero-order valence-electron chi connectivity index (χ0n) is 26.9. The summed E-state index contributed by atoms with van der Waals surface area (Å²) in [5.41, 5.74) is 0. The van der Waals surface area contributed by atoms with E-state index in [4.69, 9.17) is 20.4 Å². The van der Waals surface area contributed by atoms with Gasteiger partial charge in [0.2, 0.25) is 116 Å². The standard InChI is InChI=1S/4C6HF5O.C6H15N/c4*7-1-2(8)4(10)6(12)5(11)3(1)9;1-4-7(5-2)6-3/h4*12H;4-6H2,1-3H3. The van der Waals surface area contributed by atoms with Crippen molar-refractivity contribution in [1.29, 1.82) is 0 Å². The van der Waals surface area contributed by atoms with Gasteiger partial charge in [-0.25, -0.2) is 52.7 Å². The summed E-state index contributed by atoms with van der Waals surface area (Å²) in [5.74, 6) is -51.8. The fraction of sp³-hybridized carbons (Fsp3) is 0.200. The van der Waals surface area contributed by atoms with Crippen molar-refractivity contribution in [3.63, 3.8) is 0 Å². The Balaban J connectivity index is 0.000000670. The van der Waals surface area contributed by atoms with Crippen molar-refractivity contribution in [3.05, 3.63) is 116 Å². The normalized spacial score (nSPS) is 10.4. The summed E-state index contributed by atoms with van der Waals surface area (Å²) in [6.07, 6.45) is 0. The van der Waals surface area contributed by atoms with Crippen LogP contribution in [0.25, 0.3) is 0 Å². The van der Waals surface area contributed by atoms with Crippen molar-refractivity contribution in [2.75, 3.05) is 19.6 Å². The molecule has 0 saturated carbocycles. The maximum atomic E-state index is 12.2. The van der Waals surface area contributed by atoms with Crippen LogP contribution in [-0.4, -0.2) is 45.0 Å². The number of halogens is 20. The molecule has 0 fully saturated rings. The number of phenolic OH excluding ortho intramolecular Hbond substituents is 4. The Morgan fingerprint density at radius 3 is 0.400 bits per heavy atom. The number of hydrogen-bond acceptors (Lipinski definition) is 5. The summed E-state index contributed by atoms with van der Waals surface area (Å²) in [5, 5.41) is 33.2. The molecule has 0 aliphatic rings. The average Bonchev–Trinajstić information content (AvgIpc) is 3.19. The van der Waals surface area contributed by atoms with Crippen molar-refractivity contribution < 1.29 is 108 Å². The van der Waals surface area contributed by atoms with Crippen molar-refractivity contribution in [2.24, 2.45) is 0 Å². The Bertz CT molecular complexity index is 1300. The third-order valence-corrected chi connectivity index (χ3v) is 6.09. The largest absolute Gasteiger partial charge is 0.503 e. The number of aromatic hydroxyl groups is 4. The summed E-state index contributed by atoms with van der Waals surface area (Å²) < 4.78 is 243. The second kappa shape index (κ2) is 20.9. The van der Waals surface area contributed by atoms with E-state index in [2.05, 4.69) is 25.7 Å². The summed E-state index contributed by atoms with van der Waals surface area (Å²) in [7, 11) is 0. The van der Waals surface area contributed by atoms with Crippen LogP contribution < -0.4 is 0 Å². The highest BCUT2D eigenvalue weighted by molar-refractivity contribution is 5.30. The highest BCUT2D eigenvalue weighted by Crippen LogP contribution is 2.30. The SMILES string of the molecule is CCN(CC)CC.Oc1c(F)c(F)c(F)c(F)c1F.Oc1c(F)c(F)c(F)c(F)c1F.Oc1c(F)c(F)c(F)c(F)c1F.Oc1c(F)c(F)c(F)c(F)c1F. The third-order valence-electron chi connectivity index (χ3n) is 6.09. The van der Waals surface area contributed by atoms with Crippen LogP contribution in [0.3, 0.4) is 0 Å². The Morgan fingerprint density at radius 2 is 0.327 bits per heavy atom. The zero-order chi connectivity index (χ0) is 43.6. The fourth-order valence-electron chi connectivity index (χ4n) is 3.04. The highest BCUT2D eigenvalue weighted by Gasteiger charge is 2.28. The van der Waals surface area contributed by atoms with E-state index in [9.17, 15) is 87.8 Å². The van der Waals surface area contributed by atoms with Crippen LogP contribution in [0.5, 0.6) is 23.0 Å². The molecule has 0 amide bonds. The molecule has 0 aliphatic carbocycles. The summed E-state index contributed by atoms with van der Waals surface area (Å²) >= 11 is 0. The lowest BCUT2D eigenvalue weighted by Crippen LogP contribution is -2.21. The molecule has 0 radical (unpaired) electrons. The fourth-order valence-corrected chi connectivity index (χ4v) is 3.04. The zero-order valence-corrected chi connectivity index (χ0v) is 26.9. The molecule has 25 heteroatoms. The van der Waals surface area contributed by atoms with E-state index in [1.807, 2.05) is 0 Å². The summed E-state index contributed by atoms with van der Waals surface area (Å²) in [6.45, 7) is 10.1. The first-order valence-corrected chi connectivity index (χ1v) is 13.7. The molecule has 0 spiro atoms. The van der Waals surface area contributed by atoms with Gasteiger partial charge in [0, 0.05) is 0 Å². The predicted molar refractivity (Wildman–Crippen MR) is 145 cm³/mol. The van der Waals surface area contributed by atoms with Gasteiger partial charge in [0.05, 0.1) is 0 Å². The lowest BCUT2D eigenvalue weighted by atomic mass is 10.3. The quantitative estimate of drug-likeness (QED) is 0.0939. The Kier molecular flexibility index (Phi) is 18.9. The maximum Gasteiger partial charge on any atom is 0.206 e. The molecule has 0 heterocycles. The molecule has 5 nitrogen and oxygen atoms in total. The number of hydrogen-bond donors (Lipinski definition) is 4. The highest BCUT2D eigenvalue weighted by atomic mass is 19.2. The molecule has 0 bridgehead atoms. The van der Waals surface area contributed by atoms with Gasteiger partial charge in [0.1, 0.15) is 0 Å². The van der Waals surface area contributed by atoms with Crippen LogP contribution in [0.4, 0.5) is 87.8 Å². The smallest absolute Gasteiger partial charge is 0.206 e.